The van der Waals surface area contributed by atoms with E-state index >= 15 is 4.39 Å². The molecule has 0 aliphatic heterocycles. The van der Waals surface area contributed by atoms with Gasteiger partial charge < -0.3 is 5.32 Å². The number of rotatable bonds is 5. The first-order chi connectivity index (χ1) is 19.1. The van der Waals surface area contributed by atoms with Crippen molar-refractivity contribution in [1.82, 2.24) is 4.98 Å². The summed E-state index contributed by atoms with van der Waals surface area (Å²) in [5.41, 5.74) is -15.2. The maximum Gasteiger partial charge on any atom is 0.435 e. The summed E-state index contributed by atoms with van der Waals surface area (Å²) in [6, 6.07) is 2.74. The Labute approximate surface area is 239 Å². The monoisotopic (exact) mass is 731 g/mol. The predicted octanol–water partition coefficient (Wildman–Crippen LogP) is 7.56. The summed E-state index contributed by atoms with van der Waals surface area (Å²) in [7, 11) is 0. The molecule has 0 saturated carbocycles. The van der Waals surface area contributed by atoms with Crippen molar-refractivity contribution in [3.05, 3.63) is 86.3 Å². The van der Waals surface area contributed by atoms with Crippen LogP contribution in [0.15, 0.2) is 48.7 Å². The van der Waals surface area contributed by atoms with E-state index in [2.05, 4.69) is 4.98 Å². The van der Waals surface area contributed by atoms with Gasteiger partial charge in [0.05, 0.1) is 22.4 Å². The molecule has 3 aromatic rings. The van der Waals surface area contributed by atoms with Gasteiger partial charge in [-0.25, -0.2) is 13.8 Å². The van der Waals surface area contributed by atoms with Crippen molar-refractivity contribution in [2.45, 2.75) is 24.2 Å². The number of amides is 2. The number of carbonyl (C=O) groups is 2. The molecule has 0 bridgehead atoms. The van der Waals surface area contributed by atoms with Crippen LogP contribution in [0.1, 0.15) is 31.8 Å². The second-order valence-electron chi connectivity index (χ2n) is 8.11. The Kier molecular flexibility index (Phi) is 8.79. The number of nitrogens with one attached hydrogen (secondary N) is 1. The van der Waals surface area contributed by atoms with Crippen LogP contribution in [-0.2, 0) is 11.8 Å². The number of alkyl halides is 10. The molecule has 0 aliphatic rings. The highest BCUT2D eigenvalue weighted by molar-refractivity contribution is 14.1. The Morgan fingerprint density at radius 1 is 0.881 bits per heavy atom. The number of nitrogens with zero attached hydrogens (tertiary/aromatic N) is 2. The molecule has 1 aromatic heterocycles. The fraction of sp³-hybridized carbons (Fsp3) is 0.174. The van der Waals surface area contributed by atoms with Gasteiger partial charge in [0.25, 0.3) is 11.8 Å². The smallest absolute Gasteiger partial charge is 0.320 e. The molecule has 226 valence electrons. The molecule has 0 spiro atoms. The minimum absolute atomic E-state index is 0.232. The van der Waals surface area contributed by atoms with Crippen LogP contribution in [0.3, 0.4) is 0 Å². The molecule has 2 aromatic carbocycles. The Hall–Kier alpha value is -3.62. The van der Waals surface area contributed by atoms with Crippen LogP contribution in [0.25, 0.3) is 0 Å². The van der Waals surface area contributed by atoms with Gasteiger partial charge in [0.15, 0.2) is 5.82 Å². The van der Waals surface area contributed by atoms with Crippen molar-refractivity contribution in [3.63, 3.8) is 0 Å². The summed E-state index contributed by atoms with van der Waals surface area (Å²) in [5.74, 6) is -5.91. The summed E-state index contributed by atoms with van der Waals surface area (Å²) < 4.78 is 162. The summed E-state index contributed by atoms with van der Waals surface area (Å²) in [6.45, 7) is 0. The number of pyridine rings is 1. The van der Waals surface area contributed by atoms with Crippen LogP contribution in [0.4, 0.5) is 64.1 Å². The molecule has 2 amide bonds. The van der Waals surface area contributed by atoms with Gasteiger partial charge in [0.1, 0.15) is 5.69 Å². The number of anilines is 2. The first kappa shape index (κ1) is 32.9. The normalized spacial score (nSPS) is 12.7. The van der Waals surface area contributed by atoms with E-state index in [1.807, 2.05) is 0 Å². The molecular weight excluding hydrogens is 721 g/mol. The van der Waals surface area contributed by atoms with E-state index in [0.29, 0.717) is 18.3 Å². The summed E-state index contributed by atoms with van der Waals surface area (Å²) in [6.07, 6.45) is -18.6. The van der Waals surface area contributed by atoms with E-state index in [0.717, 1.165) is 40.8 Å². The first-order valence-corrected chi connectivity index (χ1v) is 11.7. The second-order valence-corrected chi connectivity index (χ2v) is 9.27. The van der Waals surface area contributed by atoms with Gasteiger partial charge in [-0.1, -0.05) is 6.07 Å². The molecule has 0 saturated heterocycles. The first-order valence-electron chi connectivity index (χ1n) is 10.6. The number of hydrogen-bond acceptors (Lipinski definition) is 4. The highest BCUT2D eigenvalue weighted by Crippen LogP contribution is 2.54. The third kappa shape index (κ3) is 6.10. The minimum atomic E-state index is -6.75. The lowest BCUT2D eigenvalue weighted by atomic mass is 9.92. The molecule has 42 heavy (non-hydrogen) atoms. The van der Waals surface area contributed by atoms with Gasteiger partial charge in [-0.05, 0) is 59.0 Å². The van der Waals surface area contributed by atoms with Gasteiger partial charge in [-0.2, -0.15) is 49.0 Å². The summed E-state index contributed by atoms with van der Waals surface area (Å²) in [5, 5.41) is 11.3. The maximum atomic E-state index is 15.1. The third-order valence-corrected chi connectivity index (χ3v) is 6.28. The highest BCUT2D eigenvalue weighted by atomic mass is 127. The zero-order chi connectivity index (χ0) is 32.0. The van der Waals surface area contributed by atoms with E-state index in [1.54, 1.807) is 0 Å². The van der Waals surface area contributed by atoms with E-state index < -0.39 is 91.0 Å². The Bertz CT molecular complexity index is 1510. The lowest BCUT2D eigenvalue weighted by Gasteiger charge is -2.31. The molecule has 0 aliphatic carbocycles. The Balaban J connectivity index is 2.07. The largest absolute Gasteiger partial charge is 0.435 e. The lowest BCUT2D eigenvalue weighted by Crippen LogP contribution is -2.50. The van der Waals surface area contributed by atoms with Crippen molar-refractivity contribution in [2.75, 3.05) is 10.4 Å². The molecule has 2 N–H and O–H groups in total. The molecule has 0 unspecified atom stereocenters. The quantitative estimate of drug-likeness (QED) is 0.0934. The number of aromatic nitrogens is 1. The zero-order valence-electron chi connectivity index (χ0n) is 19.7. The predicted molar refractivity (Wildman–Crippen MR) is 126 cm³/mol. The van der Waals surface area contributed by atoms with Gasteiger partial charge in [0.2, 0.25) is 5.95 Å². The Morgan fingerprint density at radius 3 is 1.98 bits per heavy atom. The fourth-order valence-electron chi connectivity index (χ4n) is 3.42. The molecule has 1 heterocycles. The van der Waals surface area contributed by atoms with E-state index in [4.69, 9.17) is 0 Å². The van der Waals surface area contributed by atoms with Crippen molar-refractivity contribution in [2.24, 2.45) is 0 Å². The average molecular weight is 731 g/mol. The van der Waals surface area contributed by atoms with E-state index in [9.17, 15) is 63.1 Å². The van der Waals surface area contributed by atoms with Crippen LogP contribution in [-0.4, -0.2) is 34.4 Å². The molecule has 0 radical (unpaired) electrons. The van der Waals surface area contributed by atoms with Gasteiger partial charge in [0, 0.05) is 15.3 Å². The molecule has 0 fully saturated rings. The third-order valence-electron chi connectivity index (χ3n) is 5.43. The van der Waals surface area contributed by atoms with E-state index in [1.165, 1.54) is 5.32 Å². The number of halogens is 13. The van der Waals surface area contributed by atoms with Crippen LogP contribution in [0.2, 0.25) is 0 Å². The number of hydrogen-bond donors (Lipinski definition) is 2. The number of benzene rings is 2. The minimum Gasteiger partial charge on any atom is -0.320 e. The highest BCUT2D eigenvalue weighted by Gasteiger charge is 2.73. The summed E-state index contributed by atoms with van der Waals surface area (Å²) >= 11 is 0.809. The fourth-order valence-corrected chi connectivity index (χ4v) is 4.18. The van der Waals surface area contributed by atoms with E-state index in [-0.39, 0.29) is 11.1 Å². The van der Waals surface area contributed by atoms with Crippen LogP contribution in [0.5, 0.6) is 0 Å². The topological polar surface area (TPSA) is 82.5 Å². The van der Waals surface area contributed by atoms with Crippen molar-refractivity contribution in [3.8, 4) is 0 Å². The molecular formula is C23H10F12IN3O3. The molecule has 3 rings (SSSR count). The zero-order valence-corrected chi connectivity index (χ0v) is 21.8. The van der Waals surface area contributed by atoms with Crippen LogP contribution < -0.4 is 10.4 Å². The van der Waals surface area contributed by atoms with Gasteiger partial charge in [-0.15, -0.1) is 0 Å². The Morgan fingerprint density at radius 2 is 1.48 bits per heavy atom. The van der Waals surface area contributed by atoms with Gasteiger partial charge >= 0.3 is 24.2 Å². The van der Waals surface area contributed by atoms with Crippen LogP contribution in [0, 0.1) is 15.3 Å². The summed E-state index contributed by atoms with van der Waals surface area (Å²) in [4.78, 5) is 28.2. The van der Waals surface area contributed by atoms with Crippen molar-refractivity contribution < 1.29 is 67.5 Å². The molecule has 19 heteroatoms. The lowest BCUT2D eigenvalue weighted by molar-refractivity contribution is -0.348. The van der Waals surface area contributed by atoms with Crippen LogP contribution >= 0.6 is 22.6 Å². The molecule has 0 atom stereocenters. The average Bonchev–Trinajstić information content (AvgIpc) is 2.86. The SMILES string of the molecule is O=C(Nc1c(I)cc(C(F)(C(F)(F)F)C(F)(F)F)cc1C(F)(F)F)c1cccc(N(O)C(=O)c2ccc(F)nc2)c1F. The van der Waals surface area contributed by atoms with Crippen molar-refractivity contribution in [1.29, 1.82) is 0 Å². The number of hydroxylamine groups is 1. The number of carbonyl (C=O) groups excluding carboxylic acids is 2. The second kappa shape index (κ2) is 11.2. The van der Waals surface area contributed by atoms with Gasteiger partial charge in [-0.3, -0.25) is 14.8 Å². The standard InChI is InChI=1S/C23H10F12IN3O3/c24-15-5-4-9(8-37-15)19(41)39(42)14-3-1-2-11(16(14)25)18(40)38-17-12(21(27,28)29)6-10(7-13(17)36)20(26,22(30,31)32)23(33,34)35/h1-8,42H,(H,38,40). The van der Waals surface area contributed by atoms with Crippen molar-refractivity contribution >= 4 is 45.8 Å². The maximum absolute atomic E-state index is 15.1. The molecule has 6 nitrogen and oxygen atoms in total.